The van der Waals surface area contributed by atoms with Gasteiger partial charge in [0.2, 0.25) is 15.9 Å². The molecule has 1 N–H and O–H groups in total. The molecule has 1 saturated heterocycles. The molecule has 1 aliphatic heterocycles. The van der Waals surface area contributed by atoms with Crippen molar-refractivity contribution in [2.24, 2.45) is 0 Å². The summed E-state index contributed by atoms with van der Waals surface area (Å²) in [5.41, 5.74) is 0.663. The van der Waals surface area contributed by atoms with Gasteiger partial charge in [0.15, 0.2) is 5.76 Å². The number of nitrogens with one attached hydrogen (secondary N) is 1. The summed E-state index contributed by atoms with van der Waals surface area (Å²) in [6.07, 6.45) is 0. The molecule has 1 amide bonds. The van der Waals surface area contributed by atoms with Gasteiger partial charge in [-0.2, -0.15) is 4.31 Å². The number of aryl methyl sites for hydroxylation is 1. The summed E-state index contributed by atoms with van der Waals surface area (Å²) in [7, 11) is -3.42. The van der Waals surface area contributed by atoms with Crippen LogP contribution in [0.3, 0.4) is 0 Å². The van der Waals surface area contributed by atoms with Crippen molar-refractivity contribution in [3.8, 4) is 0 Å². The van der Waals surface area contributed by atoms with Crippen molar-refractivity contribution in [2.45, 2.75) is 32.6 Å². The van der Waals surface area contributed by atoms with Crippen molar-refractivity contribution in [3.63, 3.8) is 0 Å². The first-order valence-electron chi connectivity index (χ1n) is 7.68. The summed E-state index contributed by atoms with van der Waals surface area (Å²) in [4.78, 5) is 13.7. The number of rotatable bonds is 6. The fraction of sp³-hybridized carbons (Fsp3) is 0.714. The van der Waals surface area contributed by atoms with Gasteiger partial charge >= 0.3 is 0 Å². The number of aromatic nitrogens is 1. The normalized spacial score (nSPS) is 17.6. The van der Waals surface area contributed by atoms with Crippen molar-refractivity contribution in [1.82, 2.24) is 19.7 Å². The van der Waals surface area contributed by atoms with Crippen LogP contribution in [0.15, 0.2) is 10.6 Å². The molecule has 0 aliphatic carbocycles. The largest absolute Gasteiger partial charge is 0.360 e. The van der Waals surface area contributed by atoms with Gasteiger partial charge in [0.05, 0.1) is 12.2 Å². The van der Waals surface area contributed by atoms with E-state index in [2.05, 4.69) is 10.5 Å². The highest BCUT2D eigenvalue weighted by atomic mass is 32.2. The van der Waals surface area contributed by atoms with Gasteiger partial charge in [-0.3, -0.25) is 9.69 Å². The Bertz CT molecular complexity index is 633. The standard InChI is InChI=1S/C14H24N4O4S/c1-11(2)15-14(19)9-17-4-6-18(7-5-17)23(20,21)10-13-8-12(3)16-22-13/h8,11H,4-7,9-10H2,1-3H3,(H,15,19). The number of hydrogen-bond acceptors (Lipinski definition) is 6. The lowest BCUT2D eigenvalue weighted by atomic mass is 10.3. The first-order chi connectivity index (χ1) is 10.8. The molecule has 1 aromatic heterocycles. The summed E-state index contributed by atoms with van der Waals surface area (Å²) in [5, 5.41) is 6.54. The molecule has 9 heteroatoms. The molecule has 1 aromatic rings. The molecule has 1 fully saturated rings. The van der Waals surface area contributed by atoms with E-state index in [-0.39, 0.29) is 17.7 Å². The lowest BCUT2D eigenvalue weighted by molar-refractivity contribution is -0.123. The third-order valence-corrected chi connectivity index (χ3v) is 5.34. The molecule has 0 spiro atoms. The van der Waals surface area contributed by atoms with Crippen molar-refractivity contribution in [3.05, 3.63) is 17.5 Å². The van der Waals surface area contributed by atoms with Crippen molar-refractivity contribution in [1.29, 1.82) is 0 Å². The molecule has 2 rings (SSSR count). The Morgan fingerprint density at radius 1 is 1.35 bits per heavy atom. The van der Waals surface area contributed by atoms with Crippen LogP contribution in [-0.2, 0) is 20.6 Å². The van der Waals surface area contributed by atoms with Gasteiger partial charge in [0.25, 0.3) is 0 Å². The molecular formula is C14H24N4O4S. The predicted molar refractivity (Wildman–Crippen MR) is 85.2 cm³/mol. The molecule has 23 heavy (non-hydrogen) atoms. The zero-order valence-electron chi connectivity index (χ0n) is 13.8. The average Bonchev–Trinajstić information content (AvgIpc) is 2.83. The number of piperazine rings is 1. The summed E-state index contributed by atoms with van der Waals surface area (Å²) < 4.78 is 31.2. The molecule has 0 unspecified atom stereocenters. The van der Waals surface area contributed by atoms with Crippen LogP contribution in [0.25, 0.3) is 0 Å². The minimum absolute atomic E-state index is 0.0338. The van der Waals surface area contributed by atoms with Crippen LogP contribution in [0.2, 0.25) is 0 Å². The Labute approximate surface area is 136 Å². The third-order valence-electron chi connectivity index (χ3n) is 3.54. The quantitative estimate of drug-likeness (QED) is 0.778. The van der Waals surface area contributed by atoms with Crippen molar-refractivity contribution < 1.29 is 17.7 Å². The van der Waals surface area contributed by atoms with Gasteiger partial charge in [-0.25, -0.2) is 8.42 Å². The Morgan fingerprint density at radius 2 is 2.00 bits per heavy atom. The van der Waals surface area contributed by atoms with Crippen LogP contribution in [0.5, 0.6) is 0 Å². The average molecular weight is 344 g/mol. The van der Waals surface area contributed by atoms with E-state index in [4.69, 9.17) is 4.52 Å². The van der Waals surface area contributed by atoms with Crippen molar-refractivity contribution in [2.75, 3.05) is 32.7 Å². The van der Waals surface area contributed by atoms with E-state index >= 15 is 0 Å². The monoisotopic (exact) mass is 344 g/mol. The van der Waals surface area contributed by atoms with Gasteiger partial charge in [0.1, 0.15) is 5.75 Å². The zero-order valence-corrected chi connectivity index (χ0v) is 14.6. The Kier molecular flexibility index (Phi) is 5.77. The Hall–Kier alpha value is -1.45. The van der Waals surface area contributed by atoms with Crippen LogP contribution in [-0.4, -0.2) is 67.5 Å². The fourth-order valence-corrected chi connectivity index (χ4v) is 3.89. The maximum atomic E-state index is 12.4. The topological polar surface area (TPSA) is 95.8 Å². The molecule has 2 heterocycles. The predicted octanol–water partition coefficient (Wildman–Crippen LogP) is -0.0450. The van der Waals surface area contributed by atoms with Gasteiger partial charge < -0.3 is 9.84 Å². The van der Waals surface area contributed by atoms with Crippen LogP contribution in [0.4, 0.5) is 0 Å². The fourth-order valence-electron chi connectivity index (χ4n) is 2.49. The first-order valence-corrected chi connectivity index (χ1v) is 9.29. The van der Waals surface area contributed by atoms with Crippen LogP contribution < -0.4 is 5.32 Å². The molecule has 0 bridgehead atoms. The van der Waals surface area contributed by atoms with E-state index in [1.807, 2.05) is 18.7 Å². The van der Waals surface area contributed by atoms with Gasteiger partial charge in [-0.15, -0.1) is 0 Å². The van der Waals surface area contributed by atoms with Crippen LogP contribution in [0, 0.1) is 6.92 Å². The van der Waals surface area contributed by atoms with E-state index in [0.717, 1.165) is 0 Å². The summed E-state index contributed by atoms with van der Waals surface area (Å²) in [5.74, 6) is 0.136. The number of amides is 1. The van der Waals surface area contributed by atoms with Gasteiger partial charge in [-0.1, -0.05) is 5.16 Å². The number of hydrogen-bond donors (Lipinski definition) is 1. The SMILES string of the molecule is Cc1cc(CS(=O)(=O)N2CCN(CC(=O)NC(C)C)CC2)on1. The lowest BCUT2D eigenvalue weighted by Crippen LogP contribution is -2.51. The number of nitrogens with zero attached hydrogens (tertiary/aromatic N) is 3. The Balaban J connectivity index is 1.84. The van der Waals surface area contributed by atoms with Crippen LogP contribution >= 0.6 is 0 Å². The van der Waals surface area contributed by atoms with Crippen LogP contribution in [0.1, 0.15) is 25.3 Å². The van der Waals surface area contributed by atoms with Gasteiger partial charge in [-0.05, 0) is 20.8 Å². The number of carbonyl (C=O) groups is 1. The Morgan fingerprint density at radius 3 is 2.52 bits per heavy atom. The summed E-state index contributed by atoms with van der Waals surface area (Å²) >= 11 is 0. The highest BCUT2D eigenvalue weighted by molar-refractivity contribution is 7.88. The molecule has 8 nitrogen and oxygen atoms in total. The highest BCUT2D eigenvalue weighted by Gasteiger charge is 2.28. The van der Waals surface area contributed by atoms with Crippen molar-refractivity contribution >= 4 is 15.9 Å². The second kappa shape index (κ2) is 7.41. The second-order valence-electron chi connectivity index (χ2n) is 6.09. The lowest BCUT2D eigenvalue weighted by Gasteiger charge is -2.33. The molecule has 0 atom stereocenters. The van der Waals surface area contributed by atoms with E-state index in [1.54, 1.807) is 13.0 Å². The summed E-state index contributed by atoms with van der Waals surface area (Å²) in [6, 6.07) is 1.74. The maximum Gasteiger partial charge on any atom is 0.234 e. The third kappa shape index (κ3) is 5.29. The minimum atomic E-state index is -3.42. The second-order valence-corrected chi connectivity index (χ2v) is 8.06. The summed E-state index contributed by atoms with van der Waals surface area (Å²) in [6.45, 7) is 7.71. The molecule has 0 radical (unpaired) electrons. The molecule has 1 aliphatic rings. The van der Waals surface area contributed by atoms with Gasteiger partial charge in [0, 0.05) is 38.3 Å². The van der Waals surface area contributed by atoms with E-state index in [1.165, 1.54) is 4.31 Å². The van der Waals surface area contributed by atoms with E-state index in [9.17, 15) is 13.2 Å². The van der Waals surface area contributed by atoms with E-state index < -0.39 is 10.0 Å². The van der Waals surface area contributed by atoms with E-state index in [0.29, 0.717) is 44.2 Å². The highest BCUT2D eigenvalue weighted by Crippen LogP contribution is 2.14. The molecule has 130 valence electrons. The zero-order chi connectivity index (χ0) is 17.0. The maximum absolute atomic E-state index is 12.4. The molecular weight excluding hydrogens is 320 g/mol. The first kappa shape index (κ1) is 17.9. The molecule has 0 saturated carbocycles. The number of sulfonamides is 1. The smallest absolute Gasteiger partial charge is 0.234 e. The number of carbonyl (C=O) groups excluding carboxylic acids is 1. The minimum Gasteiger partial charge on any atom is -0.360 e. The molecule has 0 aromatic carbocycles.